The number of carbonyl (C=O) groups is 2. The Balaban J connectivity index is 3.20. The van der Waals surface area contributed by atoms with Gasteiger partial charge in [0.1, 0.15) is 5.57 Å². The number of allylic oxidation sites excluding steroid dienone is 1. The zero-order valence-corrected chi connectivity index (χ0v) is 11.0. The Morgan fingerprint density at radius 2 is 1.44 bits per heavy atom. The Bertz CT molecular complexity index is 367. The van der Waals surface area contributed by atoms with Gasteiger partial charge in [-0.2, -0.15) is 0 Å². The lowest BCUT2D eigenvalue weighted by Crippen LogP contribution is -2.53. The Labute approximate surface area is 101 Å². The summed E-state index contributed by atoms with van der Waals surface area (Å²) < 4.78 is 0. The maximum atomic E-state index is 11.9. The maximum Gasteiger partial charge on any atom is 0.265 e. The summed E-state index contributed by atoms with van der Waals surface area (Å²) in [6.45, 7) is 5.81. The van der Waals surface area contributed by atoms with Crippen LogP contribution in [0.1, 0.15) is 20.8 Å². The molecule has 4 nitrogen and oxygen atoms in total. The number of nitrogens with zero attached hydrogens (tertiary/aromatic N) is 2. The fourth-order valence-electron chi connectivity index (χ4n) is 1.41. The third-order valence-corrected chi connectivity index (χ3v) is 2.77. The van der Waals surface area contributed by atoms with Crippen molar-refractivity contribution in [3.05, 3.63) is 11.6 Å². The van der Waals surface area contributed by atoms with Gasteiger partial charge in [0, 0.05) is 14.1 Å². The second kappa shape index (κ2) is 3.97. The molecule has 0 aromatic carbocycles. The number of hydrogen-bond donors (Lipinski definition) is 0. The summed E-state index contributed by atoms with van der Waals surface area (Å²) in [5.41, 5.74) is -0.0347. The fourth-order valence-corrected chi connectivity index (χ4v) is 1.57. The minimum absolute atomic E-state index is 0.186. The zero-order chi connectivity index (χ0) is 12.7. The predicted octanol–water partition coefficient (Wildman–Crippen LogP) is 1.17. The van der Waals surface area contributed by atoms with Gasteiger partial charge in [-0.05, 0) is 17.6 Å². The van der Waals surface area contributed by atoms with E-state index in [1.807, 2.05) is 20.8 Å². The van der Waals surface area contributed by atoms with Crippen LogP contribution in [0.4, 0.5) is 0 Å². The topological polar surface area (TPSA) is 40.6 Å². The molecule has 5 heteroatoms. The first-order valence-electron chi connectivity index (χ1n) is 4.98. The minimum atomic E-state index is -0.331. The van der Waals surface area contributed by atoms with Crippen molar-refractivity contribution in [2.45, 2.75) is 20.8 Å². The summed E-state index contributed by atoms with van der Waals surface area (Å²) in [4.78, 5) is 26.4. The smallest absolute Gasteiger partial charge is 0.265 e. The Hall–Kier alpha value is -1.23. The number of rotatable bonds is 0. The van der Waals surface area contributed by atoms with Gasteiger partial charge in [0.25, 0.3) is 11.8 Å². The quantitative estimate of drug-likeness (QED) is 0.362. The molecule has 16 heavy (non-hydrogen) atoms. The van der Waals surface area contributed by atoms with E-state index in [9.17, 15) is 9.59 Å². The highest BCUT2D eigenvalue weighted by Gasteiger charge is 2.36. The highest BCUT2D eigenvalue weighted by molar-refractivity contribution is 7.80. The summed E-state index contributed by atoms with van der Waals surface area (Å²) in [5.74, 6) is -0.661. The molecule has 0 aromatic heterocycles. The van der Waals surface area contributed by atoms with Crippen LogP contribution in [0.15, 0.2) is 11.6 Å². The van der Waals surface area contributed by atoms with Crippen molar-refractivity contribution in [2.75, 3.05) is 14.1 Å². The second-order valence-electron chi connectivity index (χ2n) is 4.93. The van der Waals surface area contributed by atoms with Crippen molar-refractivity contribution in [3.63, 3.8) is 0 Å². The number of thiocarbonyl (C=S) groups is 1. The van der Waals surface area contributed by atoms with E-state index in [2.05, 4.69) is 0 Å². The molecular weight excluding hydrogens is 224 g/mol. The van der Waals surface area contributed by atoms with Crippen LogP contribution in [0.25, 0.3) is 0 Å². The van der Waals surface area contributed by atoms with Crippen LogP contribution in [0.2, 0.25) is 0 Å². The highest BCUT2D eigenvalue weighted by Crippen LogP contribution is 2.22. The van der Waals surface area contributed by atoms with Gasteiger partial charge >= 0.3 is 0 Å². The molecule has 1 rings (SSSR count). The van der Waals surface area contributed by atoms with E-state index in [1.165, 1.54) is 9.80 Å². The molecule has 0 N–H and O–H groups in total. The first-order valence-corrected chi connectivity index (χ1v) is 5.39. The molecule has 2 amide bonds. The number of carbonyl (C=O) groups excluding carboxylic acids is 2. The normalized spacial score (nSPS) is 18.3. The second-order valence-corrected chi connectivity index (χ2v) is 5.30. The van der Waals surface area contributed by atoms with Crippen LogP contribution in [0.3, 0.4) is 0 Å². The summed E-state index contributed by atoms with van der Waals surface area (Å²) in [5, 5.41) is 0.237. The average Bonchev–Trinajstić information content (AvgIpc) is 2.17. The highest BCUT2D eigenvalue weighted by atomic mass is 32.1. The lowest BCUT2D eigenvalue weighted by atomic mass is 9.92. The van der Waals surface area contributed by atoms with Gasteiger partial charge in [0.2, 0.25) is 0 Å². The maximum absolute atomic E-state index is 11.9. The van der Waals surface area contributed by atoms with Gasteiger partial charge in [-0.1, -0.05) is 26.8 Å². The van der Waals surface area contributed by atoms with Gasteiger partial charge in [-0.15, -0.1) is 0 Å². The van der Waals surface area contributed by atoms with E-state index in [1.54, 1.807) is 20.2 Å². The molecule has 0 radical (unpaired) electrons. The number of amides is 2. The molecule has 0 aromatic rings. The average molecular weight is 240 g/mol. The van der Waals surface area contributed by atoms with Gasteiger partial charge in [0.05, 0.1) is 0 Å². The van der Waals surface area contributed by atoms with Crippen molar-refractivity contribution in [3.8, 4) is 0 Å². The molecular formula is C11H16N2O2S. The first-order chi connectivity index (χ1) is 7.15. The lowest BCUT2D eigenvalue weighted by Gasteiger charge is -2.32. The largest absolute Gasteiger partial charge is 0.288 e. The molecule has 1 aliphatic heterocycles. The third kappa shape index (κ3) is 2.29. The standard InChI is InChI=1S/C11H16N2O2S/c1-11(2,3)6-7-8(14)12(4)10(16)13(5)9(7)15/h6H,1-5H3. The van der Waals surface area contributed by atoms with Crippen LogP contribution < -0.4 is 0 Å². The molecule has 1 saturated heterocycles. The van der Waals surface area contributed by atoms with E-state index < -0.39 is 0 Å². The molecule has 0 unspecified atom stereocenters. The van der Waals surface area contributed by atoms with E-state index in [-0.39, 0.29) is 27.9 Å². The molecule has 0 aliphatic carbocycles. The van der Waals surface area contributed by atoms with Gasteiger partial charge in [0.15, 0.2) is 5.11 Å². The van der Waals surface area contributed by atoms with Crippen LogP contribution in [-0.4, -0.2) is 40.8 Å². The van der Waals surface area contributed by atoms with Crippen LogP contribution in [-0.2, 0) is 9.59 Å². The fraction of sp³-hybridized carbons (Fsp3) is 0.545. The van der Waals surface area contributed by atoms with Gasteiger partial charge < -0.3 is 0 Å². The van der Waals surface area contributed by atoms with Gasteiger partial charge in [-0.3, -0.25) is 19.4 Å². The van der Waals surface area contributed by atoms with Crippen molar-refractivity contribution in [2.24, 2.45) is 5.41 Å². The summed E-state index contributed by atoms with van der Waals surface area (Å²) in [6, 6.07) is 0. The first kappa shape index (κ1) is 12.8. The number of hydrogen-bond acceptors (Lipinski definition) is 3. The minimum Gasteiger partial charge on any atom is -0.288 e. The Morgan fingerprint density at radius 3 is 1.75 bits per heavy atom. The molecule has 88 valence electrons. The lowest BCUT2D eigenvalue weighted by molar-refractivity contribution is -0.132. The van der Waals surface area contributed by atoms with Crippen molar-refractivity contribution in [1.29, 1.82) is 0 Å². The van der Waals surface area contributed by atoms with Crippen LogP contribution >= 0.6 is 12.2 Å². The predicted molar refractivity (Wildman–Crippen MR) is 65.7 cm³/mol. The van der Waals surface area contributed by atoms with Crippen molar-refractivity contribution in [1.82, 2.24) is 9.80 Å². The van der Waals surface area contributed by atoms with Crippen molar-refractivity contribution < 1.29 is 9.59 Å². The van der Waals surface area contributed by atoms with Crippen molar-refractivity contribution >= 4 is 29.1 Å². The summed E-state index contributed by atoms with van der Waals surface area (Å²) in [6.07, 6.45) is 1.69. The molecule has 0 atom stereocenters. The van der Waals surface area contributed by atoms with E-state index in [4.69, 9.17) is 12.2 Å². The zero-order valence-electron chi connectivity index (χ0n) is 10.2. The van der Waals surface area contributed by atoms with Crippen LogP contribution in [0, 0.1) is 5.41 Å². The molecule has 0 bridgehead atoms. The Kier molecular flexibility index (Phi) is 3.19. The SMILES string of the molecule is CN1C(=O)C(=CC(C)(C)C)C(=O)N(C)C1=S. The van der Waals surface area contributed by atoms with E-state index in [0.29, 0.717) is 0 Å². The molecule has 0 saturated carbocycles. The third-order valence-electron chi connectivity index (χ3n) is 2.22. The monoisotopic (exact) mass is 240 g/mol. The molecule has 1 heterocycles. The molecule has 1 aliphatic rings. The van der Waals surface area contributed by atoms with E-state index in [0.717, 1.165) is 0 Å². The van der Waals surface area contributed by atoms with Crippen LogP contribution in [0.5, 0.6) is 0 Å². The Morgan fingerprint density at radius 1 is 1.06 bits per heavy atom. The van der Waals surface area contributed by atoms with Gasteiger partial charge in [-0.25, -0.2) is 0 Å². The van der Waals surface area contributed by atoms with E-state index >= 15 is 0 Å². The number of likely N-dealkylation sites (N-methyl/N-ethyl adjacent to an activating group) is 2. The summed E-state index contributed by atoms with van der Waals surface area (Å²) >= 11 is 4.98. The molecule has 1 fully saturated rings. The molecule has 0 spiro atoms. The summed E-state index contributed by atoms with van der Waals surface area (Å²) in [7, 11) is 3.15.